The summed E-state index contributed by atoms with van der Waals surface area (Å²) in [7, 11) is 0. The molecule has 1 aromatic heterocycles. The predicted octanol–water partition coefficient (Wildman–Crippen LogP) is 5.06. The number of fused-ring (bicyclic) bond motifs is 1. The maximum Gasteiger partial charge on any atom is 0.265 e. The lowest BCUT2D eigenvalue weighted by atomic mass is 10.2. The number of thiophene rings is 1. The van der Waals surface area contributed by atoms with Gasteiger partial charge in [0.05, 0.1) is 10.6 Å². The number of rotatable bonds is 2. The van der Waals surface area contributed by atoms with Crippen molar-refractivity contribution in [2.75, 3.05) is 5.32 Å². The van der Waals surface area contributed by atoms with E-state index >= 15 is 0 Å². The van der Waals surface area contributed by atoms with Gasteiger partial charge in [0.15, 0.2) is 0 Å². The van der Waals surface area contributed by atoms with E-state index in [1.54, 1.807) is 24.3 Å². The minimum absolute atomic E-state index is 0.238. The van der Waals surface area contributed by atoms with E-state index in [1.165, 1.54) is 17.4 Å². The molecule has 0 spiro atoms. The van der Waals surface area contributed by atoms with Crippen LogP contribution in [0.5, 0.6) is 0 Å². The molecule has 3 rings (SSSR count). The Bertz CT molecular complexity index is 799. The molecule has 0 aliphatic heterocycles. The van der Waals surface area contributed by atoms with Crippen molar-refractivity contribution in [3.63, 3.8) is 0 Å². The van der Waals surface area contributed by atoms with Gasteiger partial charge in [-0.3, -0.25) is 4.79 Å². The normalized spacial score (nSPS) is 10.7. The zero-order chi connectivity index (χ0) is 14.1. The van der Waals surface area contributed by atoms with E-state index in [2.05, 4.69) is 21.2 Å². The molecule has 3 aromatic rings. The Morgan fingerprint density at radius 1 is 1.15 bits per heavy atom. The van der Waals surface area contributed by atoms with Gasteiger partial charge in [0.25, 0.3) is 5.91 Å². The van der Waals surface area contributed by atoms with Crippen LogP contribution in [0.1, 0.15) is 9.67 Å². The summed E-state index contributed by atoms with van der Waals surface area (Å²) in [5, 5.41) is 3.29. The highest BCUT2D eigenvalue weighted by Gasteiger charge is 2.13. The fraction of sp³-hybridized carbons (Fsp3) is 0. The van der Waals surface area contributed by atoms with Gasteiger partial charge < -0.3 is 5.32 Å². The van der Waals surface area contributed by atoms with Gasteiger partial charge >= 0.3 is 0 Å². The molecule has 0 bridgehead atoms. The van der Waals surface area contributed by atoms with Crippen LogP contribution in [0.2, 0.25) is 0 Å². The first-order valence-electron chi connectivity index (χ1n) is 5.89. The van der Waals surface area contributed by atoms with Crippen molar-refractivity contribution in [3.05, 3.63) is 63.7 Å². The summed E-state index contributed by atoms with van der Waals surface area (Å²) >= 11 is 4.65. The number of hydrogen-bond acceptors (Lipinski definition) is 2. The van der Waals surface area contributed by atoms with Crippen molar-refractivity contribution < 1.29 is 9.18 Å². The highest BCUT2D eigenvalue weighted by atomic mass is 79.9. The maximum atomic E-state index is 13.6. The second kappa shape index (κ2) is 5.34. The molecule has 20 heavy (non-hydrogen) atoms. The van der Waals surface area contributed by atoms with Crippen molar-refractivity contribution in [1.29, 1.82) is 0 Å². The molecule has 100 valence electrons. The third-order valence-corrected chi connectivity index (χ3v) is 4.64. The Balaban J connectivity index is 1.93. The number of carbonyl (C=O) groups excluding carboxylic acids is 1. The Kier molecular flexibility index (Phi) is 3.54. The van der Waals surface area contributed by atoms with E-state index in [1.807, 2.05) is 18.2 Å². The fourth-order valence-corrected chi connectivity index (χ4v) is 3.24. The first kappa shape index (κ1) is 13.3. The van der Waals surface area contributed by atoms with Crippen LogP contribution < -0.4 is 5.32 Å². The molecule has 0 aliphatic rings. The van der Waals surface area contributed by atoms with E-state index in [4.69, 9.17) is 0 Å². The number of amides is 1. The van der Waals surface area contributed by atoms with Gasteiger partial charge in [-0.1, -0.05) is 18.2 Å². The van der Waals surface area contributed by atoms with Crippen molar-refractivity contribution in [2.24, 2.45) is 0 Å². The molecule has 0 atom stereocenters. The van der Waals surface area contributed by atoms with Crippen molar-refractivity contribution in [1.82, 2.24) is 0 Å². The fourth-order valence-electron chi connectivity index (χ4n) is 1.88. The molecule has 0 fully saturated rings. The summed E-state index contributed by atoms with van der Waals surface area (Å²) in [5.41, 5.74) is 0.690. The quantitative estimate of drug-likeness (QED) is 0.688. The van der Waals surface area contributed by atoms with Gasteiger partial charge in [-0.05, 0) is 46.3 Å². The molecule has 1 heterocycles. The van der Waals surface area contributed by atoms with Gasteiger partial charge in [-0.25, -0.2) is 4.39 Å². The Morgan fingerprint density at radius 3 is 2.70 bits per heavy atom. The van der Waals surface area contributed by atoms with Crippen LogP contribution >= 0.6 is 27.3 Å². The average Bonchev–Trinajstić information content (AvgIpc) is 2.87. The Morgan fingerprint density at radius 2 is 1.95 bits per heavy atom. The standard InChI is InChI=1S/C15H9BrFNOS/c16-10-4-1-2-6-12(10)18-15(19)14-8-9-11(17)5-3-7-13(9)20-14/h1-8H,(H,18,19). The van der Waals surface area contributed by atoms with Crippen molar-refractivity contribution in [2.45, 2.75) is 0 Å². The van der Waals surface area contributed by atoms with Crippen LogP contribution in [0.3, 0.4) is 0 Å². The lowest BCUT2D eigenvalue weighted by Gasteiger charge is -2.05. The molecule has 0 aliphatic carbocycles. The molecule has 1 N–H and O–H groups in total. The van der Waals surface area contributed by atoms with Gasteiger partial charge in [-0.15, -0.1) is 11.3 Å². The third-order valence-electron chi connectivity index (χ3n) is 2.85. The number of anilines is 1. The van der Waals surface area contributed by atoms with Crippen LogP contribution in [-0.2, 0) is 0 Å². The monoisotopic (exact) mass is 349 g/mol. The van der Waals surface area contributed by atoms with Crippen LogP contribution in [0.15, 0.2) is 53.0 Å². The highest BCUT2D eigenvalue weighted by molar-refractivity contribution is 9.10. The summed E-state index contributed by atoms with van der Waals surface area (Å²) in [6, 6.07) is 13.8. The summed E-state index contributed by atoms with van der Waals surface area (Å²) in [6.45, 7) is 0. The SMILES string of the molecule is O=C(Nc1ccccc1Br)c1cc2c(F)cccc2s1. The molecular formula is C15H9BrFNOS. The number of halogens is 2. The summed E-state index contributed by atoms with van der Waals surface area (Å²) in [4.78, 5) is 12.7. The van der Waals surface area contributed by atoms with Gasteiger partial charge in [0, 0.05) is 14.6 Å². The minimum Gasteiger partial charge on any atom is -0.320 e. The van der Waals surface area contributed by atoms with E-state index in [9.17, 15) is 9.18 Å². The summed E-state index contributed by atoms with van der Waals surface area (Å²) in [5.74, 6) is -0.545. The molecule has 0 saturated carbocycles. The number of benzene rings is 2. The zero-order valence-electron chi connectivity index (χ0n) is 10.2. The van der Waals surface area contributed by atoms with E-state index in [-0.39, 0.29) is 11.7 Å². The zero-order valence-corrected chi connectivity index (χ0v) is 12.6. The van der Waals surface area contributed by atoms with Crippen LogP contribution in [-0.4, -0.2) is 5.91 Å². The van der Waals surface area contributed by atoms with Gasteiger partial charge in [0.2, 0.25) is 0 Å². The minimum atomic E-state index is -0.307. The maximum absolute atomic E-state index is 13.6. The van der Waals surface area contributed by atoms with Crippen molar-refractivity contribution in [3.8, 4) is 0 Å². The number of carbonyl (C=O) groups is 1. The molecule has 2 aromatic carbocycles. The molecule has 1 amide bonds. The smallest absolute Gasteiger partial charge is 0.265 e. The average molecular weight is 350 g/mol. The molecule has 0 saturated heterocycles. The molecule has 2 nitrogen and oxygen atoms in total. The first-order chi connectivity index (χ1) is 9.65. The number of nitrogens with one attached hydrogen (secondary N) is 1. The molecule has 0 unspecified atom stereocenters. The van der Waals surface area contributed by atoms with E-state index in [0.717, 1.165) is 9.17 Å². The number of para-hydroxylation sites is 1. The first-order valence-corrected chi connectivity index (χ1v) is 7.50. The van der Waals surface area contributed by atoms with Crippen LogP contribution in [0.25, 0.3) is 10.1 Å². The van der Waals surface area contributed by atoms with Crippen LogP contribution in [0.4, 0.5) is 10.1 Å². The second-order valence-electron chi connectivity index (χ2n) is 4.20. The van der Waals surface area contributed by atoms with E-state index < -0.39 is 0 Å². The highest BCUT2D eigenvalue weighted by Crippen LogP contribution is 2.29. The predicted molar refractivity (Wildman–Crippen MR) is 83.9 cm³/mol. The van der Waals surface area contributed by atoms with E-state index in [0.29, 0.717) is 16.0 Å². The summed E-state index contributed by atoms with van der Waals surface area (Å²) < 4.78 is 15.2. The largest absolute Gasteiger partial charge is 0.320 e. The number of hydrogen-bond donors (Lipinski definition) is 1. The second-order valence-corrected chi connectivity index (χ2v) is 6.13. The lowest BCUT2D eigenvalue weighted by molar-refractivity contribution is 0.103. The Labute approximate surface area is 127 Å². The van der Waals surface area contributed by atoms with Crippen LogP contribution in [0, 0.1) is 5.82 Å². The Hall–Kier alpha value is -1.72. The third kappa shape index (κ3) is 2.46. The summed E-state index contributed by atoms with van der Waals surface area (Å²) in [6.07, 6.45) is 0. The van der Waals surface area contributed by atoms with Gasteiger partial charge in [0.1, 0.15) is 5.82 Å². The molecule has 5 heteroatoms. The molecular weight excluding hydrogens is 341 g/mol. The lowest BCUT2D eigenvalue weighted by Crippen LogP contribution is -2.10. The topological polar surface area (TPSA) is 29.1 Å². The molecule has 0 radical (unpaired) electrons. The van der Waals surface area contributed by atoms with Crippen molar-refractivity contribution >= 4 is 48.9 Å². The van der Waals surface area contributed by atoms with Gasteiger partial charge in [-0.2, -0.15) is 0 Å².